The molecule has 5 nitrogen and oxygen atoms in total. The van der Waals surface area contributed by atoms with E-state index in [9.17, 15) is 0 Å². The Labute approximate surface area is 116 Å². The number of hydrogen-bond acceptors (Lipinski definition) is 6. The van der Waals surface area contributed by atoms with Crippen molar-refractivity contribution in [1.29, 1.82) is 0 Å². The zero-order valence-electron chi connectivity index (χ0n) is 10.9. The number of methoxy groups -OCH3 is 1. The number of nitrogens with one attached hydrogen (secondary N) is 1. The van der Waals surface area contributed by atoms with Gasteiger partial charge in [0.05, 0.1) is 7.11 Å². The summed E-state index contributed by atoms with van der Waals surface area (Å²) in [6.45, 7) is 2.17. The number of thiophene rings is 1. The summed E-state index contributed by atoms with van der Waals surface area (Å²) in [5.74, 6) is 2.76. The zero-order chi connectivity index (χ0) is 13.1. The van der Waals surface area contributed by atoms with Gasteiger partial charge in [-0.25, -0.2) is 0 Å². The first-order valence-electron chi connectivity index (χ1n) is 6.52. The predicted molar refractivity (Wildman–Crippen MR) is 73.5 cm³/mol. The van der Waals surface area contributed by atoms with Gasteiger partial charge in [-0.2, -0.15) is 4.98 Å². The summed E-state index contributed by atoms with van der Waals surface area (Å²) < 4.78 is 10.6. The van der Waals surface area contributed by atoms with Gasteiger partial charge in [-0.05, 0) is 43.3 Å². The van der Waals surface area contributed by atoms with E-state index in [0.717, 1.165) is 36.0 Å². The van der Waals surface area contributed by atoms with Crippen LogP contribution in [-0.2, 0) is 6.42 Å². The number of nitrogens with zero attached hydrogens (tertiary/aromatic N) is 2. The molecule has 3 heterocycles. The SMILES string of the molecule is COc1ccsc1-c1nc(CC2CCCNC2)no1. The molecule has 0 amide bonds. The second kappa shape index (κ2) is 5.71. The van der Waals surface area contributed by atoms with Crippen LogP contribution in [0.1, 0.15) is 18.7 Å². The van der Waals surface area contributed by atoms with Crippen molar-refractivity contribution in [2.75, 3.05) is 20.2 Å². The van der Waals surface area contributed by atoms with Crippen LogP contribution in [-0.4, -0.2) is 30.3 Å². The van der Waals surface area contributed by atoms with Crippen molar-refractivity contribution < 1.29 is 9.26 Å². The Morgan fingerprint density at radius 3 is 3.32 bits per heavy atom. The van der Waals surface area contributed by atoms with Gasteiger partial charge in [0, 0.05) is 6.42 Å². The maximum atomic E-state index is 5.34. The van der Waals surface area contributed by atoms with Gasteiger partial charge in [0.15, 0.2) is 5.82 Å². The number of ether oxygens (including phenoxy) is 1. The number of aromatic nitrogens is 2. The lowest BCUT2D eigenvalue weighted by atomic mass is 9.96. The fourth-order valence-corrected chi connectivity index (χ4v) is 3.18. The first-order valence-corrected chi connectivity index (χ1v) is 7.40. The van der Waals surface area contributed by atoms with Crippen LogP contribution in [0.15, 0.2) is 16.0 Å². The van der Waals surface area contributed by atoms with Crippen molar-refractivity contribution >= 4 is 11.3 Å². The Kier molecular flexibility index (Phi) is 3.79. The number of rotatable bonds is 4. The van der Waals surface area contributed by atoms with Gasteiger partial charge in [0.2, 0.25) is 0 Å². The Morgan fingerprint density at radius 1 is 1.58 bits per heavy atom. The van der Waals surface area contributed by atoms with E-state index < -0.39 is 0 Å². The van der Waals surface area contributed by atoms with Crippen molar-refractivity contribution in [1.82, 2.24) is 15.5 Å². The third kappa shape index (κ3) is 2.79. The van der Waals surface area contributed by atoms with Gasteiger partial charge >= 0.3 is 0 Å². The molecule has 1 unspecified atom stereocenters. The summed E-state index contributed by atoms with van der Waals surface area (Å²) in [4.78, 5) is 5.39. The largest absolute Gasteiger partial charge is 0.495 e. The summed E-state index contributed by atoms with van der Waals surface area (Å²) in [5.41, 5.74) is 0. The summed E-state index contributed by atoms with van der Waals surface area (Å²) in [6.07, 6.45) is 3.34. The van der Waals surface area contributed by atoms with Crippen LogP contribution in [0.3, 0.4) is 0 Å². The smallest absolute Gasteiger partial charge is 0.271 e. The molecule has 6 heteroatoms. The maximum Gasteiger partial charge on any atom is 0.271 e. The number of hydrogen-bond donors (Lipinski definition) is 1. The molecule has 1 saturated heterocycles. The van der Waals surface area contributed by atoms with E-state index in [1.165, 1.54) is 12.8 Å². The monoisotopic (exact) mass is 279 g/mol. The molecule has 0 spiro atoms. The summed E-state index contributed by atoms with van der Waals surface area (Å²) in [7, 11) is 1.65. The van der Waals surface area contributed by atoms with E-state index in [0.29, 0.717) is 11.8 Å². The van der Waals surface area contributed by atoms with E-state index in [4.69, 9.17) is 9.26 Å². The summed E-state index contributed by atoms with van der Waals surface area (Å²) in [5, 5.41) is 9.44. The van der Waals surface area contributed by atoms with E-state index in [2.05, 4.69) is 15.5 Å². The van der Waals surface area contributed by atoms with Crippen molar-refractivity contribution in [3.63, 3.8) is 0 Å². The highest BCUT2D eigenvalue weighted by molar-refractivity contribution is 7.13. The topological polar surface area (TPSA) is 60.2 Å². The molecule has 102 valence electrons. The van der Waals surface area contributed by atoms with Crippen molar-refractivity contribution in [3.05, 3.63) is 17.3 Å². The Bertz CT molecular complexity index is 531. The standard InChI is InChI=1S/C13H17N3O2S/c1-17-10-4-6-19-12(10)13-15-11(16-18-13)7-9-3-2-5-14-8-9/h4,6,9,14H,2-3,5,7-8H2,1H3. The third-order valence-electron chi connectivity index (χ3n) is 3.38. The minimum atomic E-state index is 0.561. The molecule has 1 atom stereocenters. The van der Waals surface area contributed by atoms with Gasteiger partial charge in [-0.1, -0.05) is 5.16 Å². The molecule has 2 aromatic rings. The summed E-state index contributed by atoms with van der Waals surface area (Å²) in [6, 6.07) is 1.91. The molecule has 19 heavy (non-hydrogen) atoms. The van der Waals surface area contributed by atoms with Crippen LogP contribution in [0.2, 0.25) is 0 Å². The highest BCUT2D eigenvalue weighted by Crippen LogP contribution is 2.34. The second-order valence-electron chi connectivity index (χ2n) is 4.75. The van der Waals surface area contributed by atoms with E-state index in [1.807, 2.05) is 11.4 Å². The molecular formula is C13H17N3O2S. The lowest BCUT2D eigenvalue weighted by Gasteiger charge is -2.20. The molecule has 1 N–H and O–H groups in total. The van der Waals surface area contributed by atoms with E-state index in [-0.39, 0.29) is 0 Å². The first kappa shape index (κ1) is 12.6. The fraction of sp³-hybridized carbons (Fsp3) is 0.538. The molecule has 0 bridgehead atoms. The average molecular weight is 279 g/mol. The van der Waals surface area contributed by atoms with Crippen molar-refractivity contribution in [2.45, 2.75) is 19.3 Å². The molecule has 3 rings (SSSR count). The van der Waals surface area contributed by atoms with Crippen molar-refractivity contribution in [2.24, 2.45) is 5.92 Å². The van der Waals surface area contributed by atoms with Crippen LogP contribution in [0, 0.1) is 5.92 Å². The van der Waals surface area contributed by atoms with Crippen LogP contribution in [0.5, 0.6) is 5.75 Å². The van der Waals surface area contributed by atoms with Crippen LogP contribution >= 0.6 is 11.3 Å². The van der Waals surface area contributed by atoms with Gasteiger partial charge in [0.25, 0.3) is 5.89 Å². The molecule has 0 aromatic carbocycles. The molecule has 1 aliphatic rings. The summed E-state index contributed by atoms with van der Waals surface area (Å²) >= 11 is 1.55. The fourth-order valence-electron chi connectivity index (χ4n) is 2.40. The minimum Gasteiger partial charge on any atom is -0.495 e. The Balaban J connectivity index is 1.72. The number of piperidine rings is 1. The highest BCUT2D eigenvalue weighted by Gasteiger charge is 2.19. The Hall–Kier alpha value is -1.40. The van der Waals surface area contributed by atoms with Crippen LogP contribution < -0.4 is 10.1 Å². The molecule has 2 aromatic heterocycles. The van der Waals surface area contributed by atoms with Gasteiger partial charge in [-0.15, -0.1) is 11.3 Å². The minimum absolute atomic E-state index is 0.561. The average Bonchev–Trinajstić information content (AvgIpc) is 3.07. The second-order valence-corrected chi connectivity index (χ2v) is 5.67. The third-order valence-corrected chi connectivity index (χ3v) is 4.27. The quantitative estimate of drug-likeness (QED) is 0.931. The zero-order valence-corrected chi connectivity index (χ0v) is 11.7. The lowest BCUT2D eigenvalue weighted by molar-refractivity contribution is 0.359. The first-order chi connectivity index (χ1) is 9.36. The predicted octanol–water partition coefficient (Wildman–Crippen LogP) is 2.35. The van der Waals surface area contributed by atoms with Crippen LogP contribution in [0.4, 0.5) is 0 Å². The normalized spacial score (nSPS) is 19.5. The molecule has 0 radical (unpaired) electrons. The van der Waals surface area contributed by atoms with E-state index in [1.54, 1.807) is 18.4 Å². The van der Waals surface area contributed by atoms with Crippen molar-refractivity contribution in [3.8, 4) is 16.5 Å². The maximum absolute atomic E-state index is 5.34. The molecule has 0 aliphatic carbocycles. The van der Waals surface area contributed by atoms with Gasteiger partial charge in [0.1, 0.15) is 10.6 Å². The lowest BCUT2D eigenvalue weighted by Crippen LogP contribution is -2.31. The molecular weight excluding hydrogens is 262 g/mol. The molecule has 0 saturated carbocycles. The van der Waals surface area contributed by atoms with Gasteiger partial charge in [-0.3, -0.25) is 0 Å². The molecule has 1 fully saturated rings. The van der Waals surface area contributed by atoms with Crippen LogP contribution in [0.25, 0.3) is 10.8 Å². The molecule has 1 aliphatic heterocycles. The van der Waals surface area contributed by atoms with Gasteiger partial charge < -0.3 is 14.6 Å². The van der Waals surface area contributed by atoms with E-state index >= 15 is 0 Å². The Morgan fingerprint density at radius 2 is 2.53 bits per heavy atom. The highest BCUT2D eigenvalue weighted by atomic mass is 32.1.